The molecular weight excluding hydrogens is 354 g/mol. The number of carboxylic acids is 1. The van der Waals surface area contributed by atoms with Crippen molar-refractivity contribution >= 4 is 44.5 Å². The van der Waals surface area contributed by atoms with Crippen LogP contribution in [0.3, 0.4) is 0 Å². The standard InChI is InChI=1S/C8H5BrFIO2/c9-4-1-6(10)5(3-8(12)13)7(11)2-4/h1-2H,3H2,(H,12,13). The van der Waals surface area contributed by atoms with Gasteiger partial charge in [-0.3, -0.25) is 4.79 Å². The van der Waals surface area contributed by atoms with Gasteiger partial charge in [0.15, 0.2) is 0 Å². The van der Waals surface area contributed by atoms with E-state index in [4.69, 9.17) is 5.11 Å². The highest BCUT2D eigenvalue weighted by molar-refractivity contribution is 14.1. The first-order chi connectivity index (χ1) is 6.00. The molecule has 2 nitrogen and oxygen atoms in total. The molecule has 0 fully saturated rings. The van der Waals surface area contributed by atoms with Crippen LogP contribution in [0.4, 0.5) is 4.39 Å². The summed E-state index contributed by atoms with van der Waals surface area (Å²) in [5, 5.41) is 8.50. The number of aliphatic carboxylic acids is 1. The number of hydrogen-bond acceptors (Lipinski definition) is 1. The van der Waals surface area contributed by atoms with E-state index in [1.54, 1.807) is 6.07 Å². The first-order valence-electron chi connectivity index (χ1n) is 3.36. The van der Waals surface area contributed by atoms with Crippen LogP contribution in [0.25, 0.3) is 0 Å². The van der Waals surface area contributed by atoms with Gasteiger partial charge in [-0.25, -0.2) is 4.39 Å². The van der Waals surface area contributed by atoms with Crippen LogP contribution >= 0.6 is 38.5 Å². The average Bonchev–Trinajstić information content (AvgIpc) is 1.96. The fourth-order valence-corrected chi connectivity index (χ4v) is 2.53. The molecule has 0 radical (unpaired) electrons. The van der Waals surface area contributed by atoms with Crippen molar-refractivity contribution in [1.82, 2.24) is 0 Å². The Morgan fingerprint density at radius 3 is 2.69 bits per heavy atom. The molecule has 5 heteroatoms. The zero-order chi connectivity index (χ0) is 10.0. The molecule has 0 saturated carbocycles. The van der Waals surface area contributed by atoms with Crippen LogP contribution < -0.4 is 0 Å². The van der Waals surface area contributed by atoms with Gasteiger partial charge in [-0.1, -0.05) is 15.9 Å². The summed E-state index contributed by atoms with van der Waals surface area (Å²) in [4.78, 5) is 10.4. The number of carbonyl (C=O) groups is 1. The highest BCUT2D eigenvalue weighted by atomic mass is 127. The third-order valence-corrected chi connectivity index (χ3v) is 2.85. The van der Waals surface area contributed by atoms with Gasteiger partial charge in [-0.15, -0.1) is 0 Å². The zero-order valence-corrected chi connectivity index (χ0v) is 10.1. The molecule has 0 atom stereocenters. The van der Waals surface area contributed by atoms with Gasteiger partial charge in [0.2, 0.25) is 0 Å². The van der Waals surface area contributed by atoms with E-state index in [0.717, 1.165) is 0 Å². The van der Waals surface area contributed by atoms with E-state index in [1.807, 2.05) is 22.6 Å². The van der Waals surface area contributed by atoms with Crippen molar-refractivity contribution in [2.45, 2.75) is 6.42 Å². The molecule has 0 spiro atoms. The molecule has 0 unspecified atom stereocenters. The number of hydrogen-bond donors (Lipinski definition) is 1. The van der Waals surface area contributed by atoms with Gasteiger partial charge < -0.3 is 5.11 Å². The number of benzene rings is 1. The van der Waals surface area contributed by atoms with Crippen LogP contribution in [0.5, 0.6) is 0 Å². The van der Waals surface area contributed by atoms with Crippen LogP contribution in [0.2, 0.25) is 0 Å². The SMILES string of the molecule is O=C(O)Cc1c(F)cc(Br)cc1I. The lowest BCUT2D eigenvalue weighted by molar-refractivity contribution is -0.136. The summed E-state index contributed by atoms with van der Waals surface area (Å²) in [6.07, 6.45) is -0.280. The number of carboxylic acid groups (broad SMARTS) is 1. The van der Waals surface area contributed by atoms with Crippen LogP contribution in [0, 0.1) is 9.39 Å². The molecule has 0 saturated heterocycles. The monoisotopic (exact) mass is 358 g/mol. The highest BCUT2D eigenvalue weighted by Crippen LogP contribution is 2.22. The molecule has 0 aromatic heterocycles. The van der Waals surface area contributed by atoms with Crippen LogP contribution in [0.15, 0.2) is 16.6 Å². The fourth-order valence-electron chi connectivity index (χ4n) is 0.892. The topological polar surface area (TPSA) is 37.3 Å². The fraction of sp³-hybridized carbons (Fsp3) is 0.125. The van der Waals surface area contributed by atoms with E-state index >= 15 is 0 Å². The predicted molar refractivity (Wildman–Crippen MR) is 58.2 cm³/mol. The molecule has 13 heavy (non-hydrogen) atoms. The van der Waals surface area contributed by atoms with Crippen molar-refractivity contribution in [3.63, 3.8) is 0 Å². The summed E-state index contributed by atoms with van der Waals surface area (Å²) < 4.78 is 14.4. The van der Waals surface area contributed by atoms with Crippen LogP contribution in [0.1, 0.15) is 5.56 Å². The quantitative estimate of drug-likeness (QED) is 0.825. The van der Waals surface area contributed by atoms with Gasteiger partial charge in [-0.05, 0) is 34.7 Å². The molecule has 1 N–H and O–H groups in total. The Morgan fingerprint density at radius 2 is 2.23 bits per heavy atom. The van der Waals surface area contributed by atoms with Crippen molar-refractivity contribution in [3.8, 4) is 0 Å². The first kappa shape index (κ1) is 10.9. The Balaban J connectivity index is 3.13. The molecule has 0 heterocycles. The Morgan fingerprint density at radius 1 is 1.62 bits per heavy atom. The lowest BCUT2D eigenvalue weighted by atomic mass is 10.1. The Hall–Kier alpha value is -0.170. The Bertz CT molecular complexity index is 331. The predicted octanol–water partition coefficient (Wildman–Crippen LogP) is 2.82. The largest absolute Gasteiger partial charge is 0.481 e. The lowest BCUT2D eigenvalue weighted by Gasteiger charge is -2.03. The summed E-state index contributed by atoms with van der Waals surface area (Å²) in [6.45, 7) is 0. The van der Waals surface area contributed by atoms with E-state index in [0.29, 0.717) is 8.04 Å². The van der Waals surface area contributed by atoms with E-state index in [1.165, 1.54) is 6.07 Å². The van der Waals surface area contributed by atoms with Gasteiger partial charge in [0.25, 0.3) is 0 Å². The molecule has 0 aliphatic rings. The summed E-state index contributed by atoms with van der Waals surface area (Å²) in [5.74, 6) is -1.51. The van der Waals surface area contributed by atoms with Gasteiger partial charge in [0.05, 0.1) is 6.42 Å². The molecule has 0 amide bonds. The smallest absolute Gasteiger partial charge is 0.307 e. The number of rotatable bonds is 2. The highest BCUT2D eigenvalue weighted by Gasteiger charge is 2.11. The van der Waals surface area contributed by atoms with E-state index in [9.17, 15) is 9.18 Å². The van der Waals surface area contributed by atoms with Crippen molar-refractivity contribution in [1.29, 1.82) is 0 Å². The lowest BCUT2D eigenvalue weighted by Crippen LogP contribution is -2.04. The molecule has 0 aliphatic heterocycles. The first-order valence-corrected chi connectivity index (χ1v) is 5.23. The molecule has 1 aromatic rings. The molecule has 70 valence electrons. The minimum Gasteiger partial charge on any atom is -0.481 e. The second kappa shape index (κ2) is 4.36. The van der Waals surface area contributed by atoms with Crippen molar-refractivity contribution in [2.75, 3.05) is 0 Å². The third kappa shape index (κ3) is 2.91. The molecular formula is C8H5BrFIO2. The zero-order valence-electron chi connectivity index (χ0n) is 6.35. The van der Waals surface area contributed by atoms with Crippen LogP contribution in [-0.2, 0) is 11.2 Å². The van der Waals surface area contributed by atoms with Gasteiger partial charge in [0, 0.05) is 13.6 Å². The maximum Gasteiger partial charge on any atom is 0.307 e. The molecule has 1 rings (SSSR count). The normalized spacial score (nSPS) is 10.1. The minimum absolute atomic E-state index is 0.233. The molecule has 0 bridgehead atoms. The third-order valence-electron chi connectivity index (χ3n) is 1.43. The Labute approximate surface area is 96.4 Å². The van der Waals surface area contributed by atoms with Crippen molar-refractivity contribution < 1.29 is 14.3 Å². The van der Waals surface area contributed by atoms with E-state index < -0.39 is 11.8 Å². The average molecular weight is 359 g/mol. The van der Waals surface area contributed by atoms with E-state index in [2.05, 4.69) is 15.9 Å². The van der Waals surface area contributed by atoms with Crippen molar-refractivity contribution in [3.05, 3.63) is 31.6 Å². The maximum atomic E-state index is 13.2. The number of halogens is 3. The molecule has 1 aromatic carbocycles. The molecule has 0 aliphatic carbocycles. The van der Waals surface area contributed by atoms with Crippen LogP contribution in [-0.4, -0.2) is 11.1 Å². The second-order valence-electron chi connectivity index (χ2n) is 2.42. The van der Waals surface area contributed by atoms with Gasteiger partial charge in [0.1, 0.15) is 5.82 Å². The summed E-state index contributed by atoms with van der Waals surface area (Å²) in [7, 11) is 0. The second-order valence-corrected chi connectivity index (χ2v) is 4.50. The minimum atomic E-state index is -1.03. The van der Waals surface area contributed by atoms with Gasteiger partial charge in [-0.2, -0.15) is 0 Å². The summed E-state index contributed by atoms with van der Waals surface area (Å²) in [6, 6.07) is 2.95. The Kier molecular flexibility index (Phi) is 3.66. The van der Waals surface area contributed by atoms with Crippen molar-refractivity contribution in [2.24, 2.45) is 0 Å². The summed E-state index contributed by atoms with van der Waals surface area (Å²) in [5.41, 5.74) is 0.233. The maximum absolute atomic E-state index is 13.2. The van der Waals surface area contributed by atoms with E-state index in [-0.39, 0.29) is 12.0 Å². The van der Waals surface area contributed by atoms with Gasteiger partial charge >= 0.3 is 5.97 Å². The summed E-state index contributed by atoms with van der Waals surface area (Å²) >= 11 is 5.03.